The summed E-state index contributed by atoms with van der Waals surface area (Å²) in [5.41, 5.74) is 2.74. The van der Waals surface area contributed by atoms with Crippen LogP contribution in [0.15, 0.2) is 58.8 Å². The van der Waals surface area contributed by atoms with Crippen molar-refractivity contribution in [2.45, 2.75) is 11.8 Å². The third-order valence-corrected chi connectivity index (χ3v) is 3.81. The largest absolute Gasteiger partial charge is 0.422 e. The van der Waals surface area contributed by atoms with Crippen molar-refractivity contribution < 1.29 is 9.53 Å². The lowest BCUT2D eigenvalue weighted by atomic mass is 10.1. The topological polar surface area (TPSA) is 26.3 Å². The molecule has 0 saturated heterocycles. The van der Waals surface area contributed by atoms with E-state index >= 15 is 0 Å². The summed E-state index contributed by atoms with van der Waals surface area (Å²) in [5, 5.41) is 1.88. The highest BCUT2D eigenvalue weighted by atomic mass is 32.2. The van der Waals surface area contributed by atoms with Gasteiger partial charge in [0.05, 0.1) is 5.56 Å². The Bertz CT molecular complexity index is 657. The van der Waals surface area contributed by atoms with Gasteiger partial charge in [0.2, 0.25) is 0 Å². The van der Waals surface area contributed by atoms with Gasteiger partial charge in [-0.3, -0.25) is 0 Å². The molecule has 0 aliphatic carbocycles. The van der Waals surface area contributed by atoms with Gasteiger partial charge in [-0.25, -0.2) is 4.79 Å². The van der Waals surface area contributed by atoms with Gasteiger partial charge in [-0.1, -0.05) is 47.7 Å². The molecule has 2 aromatic rings. The zero-order valence-corrected chi connectivity index (χ0v) is 11.2. The smallest absolute Gasteiger partial charge is 0.344 e. The fourth-order valence-corrected chi connectivity index (χ4v) is 2.62. The van der Waals surface area contributed by atoms with Crippen LogP contribution in [0, 0.1) is 6.92 Å². The van der Waals surface area contributed by atoms with E-state index in [-0.39, 0.29) is 5.97 Å². The molecule has 0 bridgehead atoms. The summed E-state index contributed by atoms with van der Waals surface area (Å²) in [6.45, 7) is 2.06. The first-order valence-electron chi connectivity index (χ1n) is 5.99. The first kappa shape index (κ1) is 12.1. The number of cyclic esters (lactones) is 1. The summed E-state index contributed by atoms with van der Waals surface area (Å²) in [6, 6.07) is 15.7. The Morgan fingerprint density at radius 3 is 2.42 bits per heavy atom. The summed E-state index contributed by atoms with van der Waals surface area (Å²) in [7, 11) is 0. The van der Waals surface area contributed by atoms with Gasteiger partial charge in [-0.15, -0.1) is 0 Å². The minimum atomic E-state index is -0.272. The molecule has 1 aliphatic rings. The van der Waals surface area contributed by atoms with E-state index in [9.17, 15) is 4.79 Å². The second-order valence-corrected chi connectivity index (χ2v) is 5.29. The van der Waals surface area contributed by atoms with Crippen molar-refractivity contribution >= 4 is 23.5 Å². The Morgan fingerprint density at radius 2 is 1.68 bits per heavy atom. The predicted octanol–water partition coefficient (Wildman–Crippen LogP) is 4.26. The van der Waals surface area contributed by atoms with Crippen LogP contribution in [0.4, 0.5) is 0 Å². The van der Waals surface area contributed by atoms with Crippen molar-refractivity contribution in [3.05, 3.63) is 70.6 Å². The number of benzene rings is 2. The standard InChI is InChI=1S/C16H12O2S/c1-11-6-8-12(9-7-11)19-10-15-13-4-2-3-5-14(13)16(17)18-15/h2-10H,1H3/b15-10+. The maximum absolute atomic E-state index is 11.7. The van der Waals surface area contributed by atoms with E-state index in [1.807, 2.05) is 23.6 Å². The number of rotatable bonds is 2. The molecular weight excluding hydrogens is 256 g/mol. The molecule has 94 valence electrons. The highest BCUT2D eigenvalue weighted by molar-refractivity contribution is 8.02. The van der Waals surface area contributed by atoms with Gasteiger partial charge in [0, 0.05) is 15.9 Å². The molecule has 19 heavy (non-hydrogen) atoms. The quantitative estimate of drug-likeness (QED) is 0.601. The molecule has 3 rings (SSSR count). The number of carbonyl (C=O) groups excluding carboxylic acids is 1. The number of ether oxygens (including phenoxy) is 1. The molecule has 2 aromatic carbocycles. The van der Waals surface area contributed by atoms with Crippen molar-refractivity contribution in [2.75, 3.05) is 0 Å². The number of aryl methyl sites for hydroxylation is 1. The van der Waals surface area contributed by atoms with Gasteiger partial charge in [0.1, 0.15) is 5.76 Å². The summed E-state index contributed by atoms with van der Waals surface area (Å²) >= 11 is 1.55. The van der Waals surface area contributed by atoms with Crippen molar-refractivity contribution in [3.8, 4) is 0 Å². The lowest BCUT2D eigenvalue weighted by Crippen LogP contribution is -1.92. The van der Waals surface area contributed by atoms with Crippen LogP contribution < -0.4 is 0 Å². The fraction of sp³-hybridized carbons (Fsp3) is 0.0625. The van der Waals surface area contributed by atoms with Gasteiger partial charge in [-0.2, -0.15) is 0 Å². The van der Waals surface area contributed by atoms with Gasteiger partial charge in [0.25, 0.3) is 0 Å². The molecule has 0 unspecified atom stereocenters. The van der Waals surface area contributed by atoms with E-state index in [2.05, 4.69) is 31.2 Å². The SMILES string of the molecule is Cc1ccc(S/C=C2/OC(=O)c3ccccc32)cc1. The van der Waals surface area contributed by atoms with Crippen molar-refractivity contribution in [1.82, 2.24) is 0 Å². The first-order chi connectivity index (χ1) is 9.24. The van der Waals surface area contributed by atoms with E-state index in [0.717, 1.165) is 10.5 Å². The molecule has 0 fully saturated rings. The molecule has 0 spiro atoms. The highest BCUT2D eigenvalue weighted by Gasteiger charge is 2.25. The zero-order valence-electron chi connectivity index (χ0n) is 10.4. The van der Waals surface area contributed by atoms with Crippen LogP contribution >= 0.6 is 11.8 Å². The van der Waals surface area contributed by atoms with E-state index in [0.29, 0.717) is 11.3 Å². The normalized spacial score (nSPS) is 15.4. The number of esters is 1. The minimum Gasteiger partial charge on any atom is -0.422 e. The molecule has 0 saturated carbocycles. The number of hydrogen-bond donors (Lipinski definition) is 0. The lowest BCUT2D eigenvalue weighted by Gasteiger charge is -2.00. The lowest BCUT2D eigenvalue weighted by molar-refractivity contribution is 0.0716. The van der Waals surface area contributed by atoms with E-state index in [4.69, 9.17) is 4.74 Å². The Labute approximate surface area is 116 Å². The maximum atomic E-state index is 11.7. The van der Waals surface area contributed by atoms with Gasteiger partial charge in [-0.05, 0) is 25.1 Å². The Kier molecular flexibility index (Phi) is 3.13. The molecule has 0 N–H and O–H groups in total. The van der Waals surface area contributed by atoms with Crippen LogP contribution in [0.5, 0.6) is 0 Å². The van der Waals surface area contributed by atoms with Crippen molar-refractivity contribution in [3.63, 3.8) is 0 Å². The van der Waals surface area contributed by atoms with Crippen LogP contribution in [-0.2, 0) is 4.74 Å². The Balaban J connectivity index is 1.86. The molecule has 1 aliphatic heterocycles. The fourth-order valence-electron chi connectivity index (χ4n) is 1.91. The summed E-state index contributed by atoms with van der Waals surface area (Å²) in [6.07, 6.45) is 0. The van der Waals surface area contributed by atoms with Crippen LogP contribution in [0.2, 0.25) is 0 Å². The van der Waals surface area contributed by atoms with Crippen LogP contribution in [-0.4, -0.2) is 5.97 Å². The third kappa shape index (κ3) is 2.42. The van der Waals surface area contributed by atoms with E-state index in [1.165, 1.54) is 5.56 Å². The highest BCUT2D eigenvalue weighted by Crippen LogP contribution is 2.33. The minimum absolute atomic E-state index is 0.272. The second kappa shape index (κ2) is 4.94. The average Bonchev–Trinajstić information content (AvgIpc) is 2.76. The van der Waals surface area contributed by atoms with Crippen molar-refractivity contribution in [1.29, 1.82) is 0 Å². The number of thioether (sulfide) groups is 1. The maximum Gasteiger partial charge on any atom is 0.344 e. The van der Waals surface area contributed by atoms with Crippen LogP contribution in [0.1, 0.15) is 21.5 Å². The molecule has 0 atom stereocenters. The van der Waals surface area contributed by atoms with Crippen molar-refractivity contribution in [2.24, 2.45) is 0 Å². The average molecular weight is 268 g/mol. The molecule has 0 amide bonds. The molecule has 1 heterocycles. The van der Waals surface area contributed by atoms with E-state index in [1.54, 1.807) is 17.8 Å². The molecular formula is C16H12O2S. The van der Waals surface area contributed by atoms with Gasteiger partial charge in [0.15, 0.2) is 0 Å². The van der Waals surface area contributed by atoms with E-state index < -0.39 is 0 Å². The number of carbonyl (C=O) groups is 1. The Morgan fingerprint density at radius 1 is 1.00 bits per heavy atom. The first-order valence-corrected chi connectivity index (χ1v) is 6.87. The Hall–Kier alpha value is -2.00. The molecule has 3 heteroatoms. The van der Waals surface area contributed by atoms with Gasteiger partial charge < -0.3 is 4.74 Å². The zero-order chi connectivity index (χ0) is 13.2. The number of hydrogen-bond acceptors (Lipinski definition) is 3. The van der Waals surface area contributed by atoms with Crippen LogP contribution in [0.25, 0.3) is 5.76 Å². The molecule has 0 aromatic heterocycles. The summed E-state index contributed by atoms with van der Waals surface area (Å²) in [4.78, 5) is 12.8. The van der Waals surface area contributed by atoms with Crippen LogP contribution in [0.3, 0.4) is 0 Å². The van der Waals surface area contributed by atoms with Gasteiger partial charge >= 0.3 is 5.97 Å². The molecule has 0 radical (unpaired) electrons. The molecule has 2 nitrogen and oxygen atoms in total. The monoisotopic (exact) mass is 268 g/mol. The summed E-state index contributed by atoms with van der Waals surface area (Å²) < 4.78 is 5.28. The second-order valence-electron chi connectivity index (χ2n) is 4.35. The predicted molar refractivity (Wildman–Crippen MR) is 76.9 cm³/mol. The number of fused-ring (bicyclic) bond motifs is 1. The summed E-state index contributed by atoms with van der Waals surface area (Å²) in [5.74, 6) is 0.359. The third-order valence-electron chi connectivity index (χ3n) is 2.94.